The summed E-state index contributed by atoms with van der Waals surface area (Å²) >= 11 is 2.06. The number of hydrogen-bond acceptors (Lipinski definition) is 3. The van der Waals surface area contributed by atoms with Crippen LogP contribution in [0.1, 0.15) is 18.5 Å². The van der Waals surface area contributed by atoms with Crippen LogP contribution in [0.3, 0.4) is 0 Å². The number of thioether (sulfide) groups is 1. The lowest BCUT2D eigenvalue weighted by atomic mass is 9.95. The maximum absolute atomic E-state index is 6.32. The van der Waals surface area contributed by atoms with Gasteiger partial charge in [-0.25, -0.2) is 0 Å². The molecule has 1 aromatic rings. The van der Waals surface area contributed by atoms with Crippen LogP contribution in [-0.2, 0) is 0 Å². The van der Waals surface area contributed by atoms with Crippen LogP contribution in [0.15, 0.2) is 30.3 Å². The molecule has 1 saturated heterocycles. The van der Waals surface area contributed by atoms with Crippen LogP contribution in [0.25, 0.3) is 0 Å². The van der Waals surface area contributed by atoms with Crippen molar-refractivity contribution in [2.45, 2.75) is 13.0 Å². The lowest BCUT2D eigenvalue weighted by Gasteiger charge is -2.31. The van der Waals surface area contributed by atoms with E-state index in [0.717, 1.165) is 6.54 Å². The topological polar surface area (TPSA) is 29.3 Å². The second kappa shape index (κ2) is 6.43. The highest BCUT2D eigenvalue weighted by Crippen LogP contribution is 2.21. The van der Waals surface area contributed by atoms with Crippen molar-refractivity contribution < 1.29 is 0 Å². The molecule has 0 amide bonds. The van der Waals surface area contributed by atoms with Crippen LogP contribution in [-0.4, -0.2) is 36.0 Å². The summed E-state index contributed by atoms with van der Waals surface area (Å²) in [6.07, 6.45) is 0. The average molecular weight is 250 g/mol. The predicted octanol–water partition coefficient (Wildman–Crippen LogP) is 2.37. The Morgan fingerprint density at radius 1 is 1.24 bits per heavy atom. The molecule has 1 aliphatic heterocycles. The van der Waals surface area contributed by atoms with Gasteiger partial charge in [0.1, 0.15) is 0 Å². The zero-order valence-electron chi connectivity index (χ0n) is 10.5. The van der Waals surface area contributed by atoms with Crippen LogP contribution >= 0.6 is 11.8 Å². The van der Waals surface area contributed by atoms with Gasteiger partial charge in [-0.15, -0.1) is 0 Å². The lowest BCUT2D eigenvalue weighted by Crippen LogP contribution is -2.38. The highest BCUT2D eigenvalue weighted by Gasteiger charge is 2.19. The summed E-state index contributed by atoms with van der Waals surface area (Å²) in [4.78, 5) is 2.55. The molecule has 0 saturated carbocycles. The van der Waals surface area contributed by atoms with Gasteiger partial charge < -0.3 is 10.6 Å². The fraction of sp³-hybridized carbons (Fsp3) is 0.571. The third-order valence-electron chi connectivity index (χ3n) is 3.45. The number of nitrogens with two attached hydrogens (primary N) is 1. The molecule has 2 rings (SSSR count). The van der Waals surface area contributed by atoms with Crippen LogP contribution in [0.4, 0.5) is 0 Å². The van der Waals surface area contributed by atoms with Crippen molar-refractivity contribution in [3.63, 3.8) is 0 Å². The second-order valence-electron chi connectivity index (χ2n) is 4.83. The first-order chi connectivity index (χ1) is 8.27. The van der Waals surface area contributed by atoms with E-state index in [1.165, 1.54) is 30.2 Å². The van der Waals surface area contributed by atoms with Crippen molar-refractivity contribution in [1.29, 1.82) is 0 Å². The van der Waals surface area contributed by atoms with Crippen LogP contribution in [0, 0.1) is 5.92 Å². The van der Waals surface area contributed by atoms with E-state index in [4.69, 9.17) is 5.73 Å². The Morgan fingerprint density at radius 2 is 1.88 bits per heavy atom. The number of nitrogens with zero attached hydrogens (tertiary/aromatic N) is 1. The minimum Gasteiger partial charge on any atom is -0.324 e. The molecule has 0 aromatic heterocycles. The van der Waals surface area contributed by atoms with E-state index < -0.39 is 0 Å². The minimum atomic E-state index is 0.158. The van der Waals surface area contributed by atoms with E-state index in [1.807, 2.05) is 6.07 Å². The first-order valence-electron chi connectivity index (χ1n) is 6.38. The van der Waals surface area contributed by atoms with Crippen molar-refractivity contribution in [2.75, 3.05) is 31.1 Å². The molecule has 0 bridgehead atoms. The van der Waals surface area contributed by atoms with Gasteiger partial charge in [-0.1, -0.05) is 37.3 Å². The number of rotatable bonds is 4. The molecular weight excluding hydrogens is 228 g/mol. The molecule has 94 valence electrons. The Hall–Kier alpha value is -0.510. The largest absolute Gasteiger partial charge is 0.324 e. The average Bonchev–Trinajstić information content (AvgIpc) is 2.40. The van der Waals surface area contributed by atoms with Crippen molar-refractivity contribution in [2.24, 2.45) is 11.7 Å². The van der Waals surface area contributed by atoms with E-state index in [0.29, 0.717) is 5.92 Å². The standard InChI is InChI=1S/C14H22N2S/c1-12(11-16-7-9-17-10-8-16)14(15)13-5-3-2-4-6-13/h2-6,12,14H,7-11,15H2,1H3/t12-,14+/m0/s1. The Morgan fingerprint density at radius 3 is 2.53 bits per heavy atom. The minimum absolute atomic E-state index is 0.158. The van der Waals surface area contributed by atoms with E-state index >= 15 is 0 Å². The quantitative estimate of drug-likeness (QED) is 0.889. The third kappa shape index (κ3) is 3.73. The number of hydrogen-bond donors (Lipinski definition) is 1. The molecule has 0 unspecified atom stereocenters. The molecule has 0 aliphatic carbocycles. The summed E-state index contributed by atoms with van der Waals surface area (Å²) in [6, 6.07) is 10.6. The Bertz CT molecular complexity index is 322. The SMILES string of the molecule is C[C@@H](CN1CCSCC1)[C@@H](N)c1ccccc1. The van der Waals surface area contributed by atoms with E-state index in [-0.39, 0.29) is 6.04 Å². The van der Waals surface area contributed by atoms with Gasteiger partial charge in [0.2, 0.25) is 0 Å². The zero-order valence-corrected chi connectivity index (χ0v) is 11.3. The Labute approximate surface area is 109 Å². The van der Waals surface area contributed by atoms with Crippen molar-refractivity contribution in [1.82, 2.24) is 4.90 Å². The van der Waals surface area contributed by atoms with Crippen LogP contribution in [0.2, 0.25) is 0 Å². The predicted molar refractivity (Wildman–Crippen MR) is 76.3 cm³/mol. The van der Waals surface area contributed by atoms with Gasteiger partial charge in [0.05, 0.1) is 0 Å². The number of benzene rings is 1. The summed E-state index contributed by atoms with van der Waals surface area (Å²) in [6.45, 7) is 5.82. The molecule has 0 radical (unpaired) electrons. The van der Waals surface area contributed by atoms with Gasteiger partial charge in [0.15, 0.2) is 0 Å². The van der Waals surface area contributed by atoms with Crippen LogP contribution in [0.5, 0.6) is 0 Å². The van der Waals surface area contributed by atoms with Crippen molar-refractivity contribution in [3.8, 4) is 0 Å². The third-order valence-corrected chi connectivity index (χ3v) is 4.39. The summed E-state index contributed by atoms with van der Waals surface area (Å²) in [5, 5.41) is 0. The summed E-state index contributed by atoms with van der Waals surface area (Å²) in [5.41, 5.74) is 7.58. The van der Waals surface area contributed by atoms with E-state index in [9.17, 15) is 0 Å². The van der Waals surface area contributed by atoms with Gasteiger partial charge in [-0.3, -0.25) is 0 Å². The molecule has 2 nitrogen and oxygen atoms in total. The summed E-state index contributed by atoms with van der Waals surface area (Å²) < 4.78 is 0. The molecule has 3 heteroatoms. The first-order valence-corrected chi connectivity index (χ1v) is 7.53. The van der Waals surface area contributed by atoms with E-state index in [2.05, 4.69) is 47.9 Å². The molecule has 2 N–H and O–H groups in total. The van der Waals surface area contributed by atoms with E-state index in [1.54, 1.807) is 0 Å². The molecular formula is C14H22N2S. The molecule has 1 heterocycles. The molecule has 1 aliphatic rings. The first kappa shape index (κ1) is 12.9. The molecule has 2 atom stereocenters. The highest BCUT2D eigenvalue weighted by atomic mass is 32.2. The van der Waals surface area contributed by atoms with Gasteiger partial charge in [-0.05, 0) is 11.5 Å². The monoisotopic (exact) mass is 250 g/mol. The zero-order chi connectivity index (χ0) is 12.1. The van der Waals surface area contributed by atoms with Crippen LogP contribution < -0.4 is 5.73 Å². The second-order valence-corrected chi connectivity index (χ2v) is 6.05. The Kier molecular flexibility index (Phi) is 4.89. The molecule has 0 spiro atoms. The fourth-order valence-corrected chi connectivity index (χ4v) is 3.29. The maximum atomic E-state index is 6.32. The van der Waals surface area contributed by atoms with Crippen molar-refractivity contribution >= 4 is 11.8 Å². The normalized spacial score (nSPS) is 21.1. The van der Waals surface area contributed by atoms with Gasteiger partial charge in [0, 0.05) is 37.2 Å². The molecule has 17 heavy (non-hydrogen) atoms. The smallest absolute Gasteiger partial charge is 0.0333 e. The molecule has 1 aromatic carbocycles. The molecule has 1 fully saturated rings. The maximum Gasteiger partial charge on any atom is 0.0333 e. The fourth-order valence-electron chi connectivity index (χ4n) is 2.31. The summed E-state index contributed by atoms with van der Waals surface area (Å²) in [7, 11) is 0. The Balaban J connectivity index is 1.88. The lowest BCUT2D eigenvalue weighted by molar-refractivity contribution is 0.242. The van der Waals surface area contributed by atoms with Gasteiger partial charge >= 0.3 is 0 Å². The summed E-state index contributed by atoms with van der Waals surface area (Å²) in [5.74, 6) is 3.06. The van der Waals surface area contributed by atoms with Gasteiger partial charge in [0.25, 0.3) is 0 Å². The van der Waals surface area contributed by atoms with Crippen molar-refractivity contribution in [3.05, 3.63) is 35.9 Å². The van der Waals surface area contributed by atoms with Gasteiger partial charge in [-0.2, -0.15) is 11.8 Å². The highest BCUT2D eigenvalue weighted by molar-refractivity contribution is 7.99.